The quantitative estimate of drug-likeness (QED) is 0.787. The summed E-state index contributed by atoms with van der Waals surface area (Å²) in [7, 11) is 1.19. The third-order valence-corrected chi connectivity index (χ3v) is 2.40. The zero-order valence-corrected chi connectivity index (χ0v) is 9.69. The monoisotopic (exact) mass is 271 g/mol. The number of hydrogen-bond donors (Lipinski definition) is 0. The van der Waals surface area contributed by atoms with Crippen LogP contribution in [0.5, 0.6) is 0 Å². The van der Waals surface area contributed by atoms with E-state index in [1.807, 2.05) is 0 Å². The van der Waals surface area contributed by atoms with Gasteiger partial charge < -0.3 is 9.26 Å². The van der Waals surface area contributed by atoms with Crippen LogP contribution in [0.1, 0.15) is 16.1 Å². The van der Waals surface area contributed by atoms with Crippen LogP contribution < -0.4 is 0 Å². The zero-order chi connectivity index (χ0) is 14.0. The van der Waals surface area contributed by atoms with Gasteiger partial charge in [0, 0.05) is 11.6 Å². The number of benzene rings is 1. The number of halogens is 3. The van der Waals surface area contributed by atoms with Crippen molar-refractivity contribution < 1.29 is 27.2 Å². The first-order valence-electron chi connectivity index (χ1n) is 5.14. The fourth-order valence-corrected chi connectivity index (χ4v) is 1.44. The third-order valence-electron chi connectivity index (χ3n) is 2.40. The molecule has 0 fully saturated rings. The molecule has 2 aromatic rings. The summed E-state index contributed by atoms with van der Waals surface area (Å²) in [6.45, 7) is 0. The van der Waals surface area contributed by atoms with Gasteiger partial charge in [-0.3, -0.25) is 0 Å². The number of nitrogens with zero attached hydrogens (tertiary/aromatic N) is 1. The SMILES string of the molecule is COC(=O)c1cc(-c2ccc(C(F)(F)F)cc2)on1. The highest BCUT2D eigenvalue weighted by atomic mass is 19.4. The summed E-state index contributed by atoms with van der Waals surface area (Å²) in [6, 6.07) is 5.63. The lowest BCUT2D eigenvalue weighted by Crippen LogP contribution is -2.03. The van der Waals surface area contributed by atoms with Crippen molar-refractivity contribution in [1.82, 2.24) is 5.16 Å². The Kier molecular flexibility index (Phi) is 3.28. The summed E-state index contributed by atoms with van der Waals surface area (Å²) in [5.41, 5.74) is -0.419. The molecule has 0 aliphatic heterocycles. The Morgan fingerprint density at radius 1 is 1.26 bits per heavy atom. The van der Waals surface area contributed by atoms with Crippen molar-refractivity contribution in [3.05, 3.63) is 41.6 Å². The molecule has 2 rings (SSSR count). The van der Waals surface area contributed by atoms with Gasteiger partial charge in [-0.05, 0) is 12.1 Å². The predicted molar refractivity (Wildman–Crippen MR) is 58.3 cm³/mol. The molecule has 0 aliphatic rings. The van der Waals surface area contributed by atoms with Gasteiger partial charge in [-0.15, -0.1) is 0 Å². The molecule has 100 valence electrons. The minimum absolute atomic E-state index is 0.0441. The molecule has 1 aromatic carbocycles. The van der Waals surface area contributed by atoms with E-state index in [1.54, 1.807) is 0 Å². The van der Waals surface area contributed by atoms with Crippen molar-refractivity contribution in [3.8, 4) is 11.3 Å². The second-order valence-electron chi connectivity index (χ2n) is 3.64. The average molecular weight is 271 g/mol. The van der Waals surface area contributed by atoms with Crippen LogP contribution in [0, 0.1) is 0 Å². The zero-order valence-electron chi connectivity index (χ0n) is 9.69. The summed E-state index contributed by atoms with van der Waals surface area (Å²) in [5.74, 6) is -0.490. The molecule has 1 heterocycles. The molecular weight excluding hydrogens is 263 g/mol. The van der Waals surface area contributed by atoms with Crippen LogP contribution in [0.4, 0.5) is 13.2 Å². The van der Waals surface area contributed by atoms with Crippen LogP contribution >= 0.6 is 0 Å². The molecule has 1 aromatic heterocycles. The molecule has 0 atom stereocenters. The van der Waals surface area contributed by atoms with Gasteiger partial charge in [-0.2, -0.15) is 13.2 Å². The largest absolute Gasteiger partial charge is 0.464 e. The molecule has 0 amide bonds. The minimum atomic E-state index is -4.39. The lowest BCUT2D eigenvalue weighted by molar-refractivity contribution is -0.137. The second-order valence-corrected chi connectivity index (χ2v) is 3.64. The van der Waals surface area contributed by atoms with Crippen LogP contribution in [0.15, 0.2) is 34.9 Å². The van der Waals surface area contributed by atoms with Crippen molar-refractivity contribution in [2.75, 3.05) is 7.11 Å². The first-order chi connectivity index (χ1) is 8.91. The van der Waals surface area contributed by atoms with Crippen LogP contribution in [0.25, 0.3) is 11.3 Å². The lowest BCUT2D eigenvalue weighted by Gasteiger charge is -2.06. The molecule has 0 spiro atoms. The van der Waals surface area contributed by atoms with Crippen molar-refractivity contribution in [1.29, 1.82) is 0 Å². The molecule has 0 unspecified atom stereocenters. The molecular formula is C12H8F3NO3. The Bertz CT molecular complexity index is 587. The van der Waals surface area contributed by atoms with Gasteiger partial charge >= 0.3 is 12.1 Å². The number of carbonyl (C=O) groups excluding carboxylic acids is 1. The number of aromatic nitrogens is 1. The molecule has 0 saturated heterocycles. The molecule has 0 saturated carbocycles. The maximum absolute atomic E-state index is 12.4. The molecule has 0 radical (unpaired) electrons. The van der Waals surface area contributed by atoms with Crippen molar-refractivity contribution in [2.24, 2.45) is 0 Å². The van der Waals surface area contributed by atoms with Gasteiger partial charge in [0.1, 0.15) is 0 Å². The van der Waals surface area contributed by atoms with E-state index < -0.39 is 17.7 Å². The van der Waals surface area contributed by atoms with Crippen LogP contribution in [-0.2, 0) is 10.9 Å². The highest BCUT2D eigenvalue weighted by molar-refractivity contribution is 5.88. The van der Waals surface area contributed by atoms with Gasteiger partial charge in [0.25, 0.3) is 0 Å². The maximum atomic E-state index is 12.4. The van der Waals surface area contributed by atoms with Gasteiger partial charge in [0.05, 0.1) is 12.7 Å². The maximum Gasteiger partial charge on any atom is 0.416 e. The number of hydrogen-bond acceptors (Lipinski definition) is 4. The number of ether oxygens (including phenoxy) is 1. The number of carbonyl (C=O) groups is 1. The standard InChI is InChI=1S/C12H8F3NO3/c1-18-11(17)9-6-10(19-16-9)7-2-4-8(5-3-7)12(13,14)15/h2-6H,1H3. The molecule has 0 N–H and O–H groups in total. The Hall–Kier alpha value is -2.31. The summed E-state index contributed by atoms with van der Waals surface area (Å²) in [4.78, 5) is 11.2. The summed E-state index contributed by atoms with van der Waals surface area (Å²) in [5, 5.41) is 3.46. The summed E-state index contributed by atoms with van der Waals surface area (Å²) < 4.78 is 46.4. The van der Waals surface area contributed by atoms with E-state index in [9.17, 15) is 18.0 Å². The van der Waals surface area contributed by atoms with Gasteiger partial charge in [-0.1, -0.05) is 17.3 Å². The van der Waals surface area contributed by atoms with E-state index in [-0.39, 0.29) is 11.5 Å². The first kappa shape index (κ1) is 13.1. The Balaban J connectivity index is 2.28. The lowest BCUT2D eigenvalue weighted by atomic mass is 10.1. The first-order valence-corrected chi connectivity index (χ1v) is 5.14. The van der Waals surface area contributed by atoms with Gasteiger partial charge in [0.2, 0.25) is 0 Å². The molecule has 0 aliphatic carbocycles. The van der Waals surface area contributed by atoms with Crippen LogP contribution in [0.3, 0.4) is 0 Å². The van der Waals surface area contributed by atoms with E-state index >= 15 is 0 Å². The Labute approximate surface area is 105 Å². The van der Waals surface area contributed by atoms with E-state index in [4.69, 9.17) is 4.52 Å². The van der Waals surface area contributed by atoms with Crippen molar-refractivity contribution >= 4 is 5.97 Å². The van der Waals surface area contributed by atoms with E-state index in [1.165, 1.54) is 25.3 Å². The molecule has 0 bridgehead atoms. The van der Waals surface area contributed by atoms with E-state index in [0.717, 1.165) is 12.1 Å². The topological polar surface area (TPSA) is 52.3 Å². The Morgan fingerprint density at radius 3 is 2.42 bits per heavy atom. The van der Waals surface area contributed by atoms with Gasteiger partial charge in [-0.25, -0.2) is 4.79 Å². The third kappa shape index (κ3) is 2.75. The second kappa shape index (κ2) is 4.75. The fourth-order valence-electron chi connectivity index (χ4n) is 1.44. The number of alkyl halides is 3. The highest BCUT2D eigenvalue weighted by Crippen LogP contribution is 2.31. The smallest absolute Gasteiger partial charge is 0.416 e. The minimum Gasteiger partial charge on any atom is -0.464 e. The normalized spacial score (nSPS) is 11.4. The molecule has 19 heavy (non-hydrogen) atoms. The van der Waals surface area contributed by atoms with Crippen LogP contribution in [0.2, 0.25) is 0 Å². The van der Waals surface area contributed by atoms with E-state index in [0.29, 0.717) is 5.56 Å². The Morgan fingerprint density at radius 2 is 1.89 bits per heavy atom. The van der Waals surface area contributed by atoms with E-state index in [2.05, 4.69) is 9.89 Å². The molecule has 7 heteroatoms. The number of rotatable bonds is 2. The van der Waals surface area contributed by atoms with Gasteiger partial charge in [0.15, 0.2) is 11.5 Å². The summed E-state index contributed by atoms with van der Waals surface area (Å²) >= 11 is 0. The predicted octanol–water partition coefficient (Wildman–Crippen LogP) is 3.15. The van der Waals surface area contributed by atoms with Crippen LogP contribution in [-0.4, -0.2) is 18.2 Å². The fraction of sp³-hybridized carbons (Fsp3) is 0.167. The number of methoxy groups -OCH3 is 1. The molecule has 4 nitrogen and oxygen atoms in total. The van der Waals surface area contributed by atoms with Crippen molar-refractivity contribution in [3.63, 3.8) is 0 Å². The average Bonchev–Trinajstić information content (AvgIpc) is 2.86. The highest BCUT2D eigenvalue weighted by Gasteiger charge is 2.30. The van der Waals surface area contributed by atoms with Crippen molar-refractivity contribution in [2.45, 2.75) is 6.18 Å². The number of esters is 1. The summed E-state index contributed by atoms with van der Waals surface area (Å²) in [6.07, 6.45) is -4.39.